The second-order valence-electron chi connectivity index (χ2n) is 4.48. The minimum atomic E-state index is 0.714. The van der Waals surface area contributed by atoms with E-state index in [9.17, 15) is 0 Å². The highest BCUT2D eigenvalue weighted by Gasteiger charge is 2.20. The predicted molar refractivity (Wildman–Crippen MR) is 69.1 cm³/mol. The van der Waals surface area contributed by atoms with Crippen LogP contribution in [0.3, 0.4) is 0 Å². The largest absolute Gasteiger partial charge is 0.464 e. The van der Waals surface area contributed by atoms with Crippen molar-refractivity contribution in [2.45, 2.75) is 36.3 Å². The third-order valence-electron chi connectivity index (χ3n) is 2.87. The molecule has 0 aromatic carbocycles. The van der Waals surface area contributed by atoms with Crippen molar-refractivity contribution in [1.82, 2.24) is 20.1 Å². The van der Waals surface area contributed by atoms with Gasteiger partial charge in [-0.1, -0.05) is 11.8 Å². The zero-order valence-corrected chi connectivity index (χ0v) is 11.1. The molecule has 2 heterocycles. The maximum absolute atomic E-state index is 5.76. The van der Waals surface area contributed by atoms with Gasteiger partial charge in [-0.05, 0) is 25.0 Å². The van der Waals surface area contributed by atoms with Crippen molar-refractivity contribution in [3.05, 3.63) is 30.0 Å². The first-order chi connectivity index (χ1) is 8.81. The summed E-state index contributed by atoms with van der Waals surface area (Å²) >= 11 is 1.63. The first kappa shape index (κ1) is 11.8. The maximum Gasteiger partial charge on any atom is 0.186 e. The fourth-order valence-corrected chi connectivity index (χ4v) is 2.46. The van der Waals surface area contributed by atoms with E-state index >= 15 is 0 Å². The quantitative estimate of drug-likeness (QED) is 0.808. The lowest BCUT2D eigenvalue weighted by molar-refractivity contribution is 0.458. The third kappa shape index (κ3) is 2.94. The molecule has 1 aliphatic rings. The number of hydrogen-bond acceptors (Lipinski definition) is 5. The second-order valence-corrected chi connectivity index (χ2v) is 5.42. The minimum absolute atomic E-state index is 0.714. The highest BCUT2D eigenvalue weighted by Crippen LogP contribution is 2.22. The summed E-state index contributed by atoms with van der Waals surface area (Å²) in [5, 5.41) is 8.38. The summed E-state index contributed by atoms with van der Waals surface area (Å²) in [4.78, 5) is 4.17. The van der Waals surface area contributed by atoms with Gasteiger partial charge >= 0.3 is 0 Å². The molecule has 96 valence electrons. The van der Waals surface area contributed by atoms with E-state index in [1.807, 2.05) is 19.2 Å². The summed E-state index contributed by atoms with van der Waals surface area (Å²) in [6, 6.07) is 4.79. The normalized spacial score (nSPS) is 15.2. The van der Waals surface area contributed by atoms with Crippen molar-refractivity contribution in [1.29, 1.82) is 0 Å². The Morgan fingerprint density at radius 1 is 1.44 bits per heavy atom. The number of hydrogen-bond donors (Lipinski definition) is 1. The predicted octanol–water partition coefficient (Wildman–Crippen LogP) is 1.95. The van der Waals surface area contributed by atoms with Gasteiger partial charge in [0.2, 0.25) is 0 Å². The van der Waals surface area contributed by atoms with Crippen LogP contribution in [-0.2, 0) is 19.3 Å². The Morgan fingerprint density at radius 3 is 3.00 bits per heavy atom. The first-order valence-corrected chi connectivity index (χ1v) is 7.07. The van der Waals surface area contributed by atoms with Crippen molar-refractivity contribution < 1.29 is 4.42 Å². The van der Waals surface area contributed by atoms with E-state index in [0.717, 1.165) is 29.0 Å². The minimum Gasteiger partial charge on any atom is -0.464 e. The highest BCUT2D eigenvalue weighted by molar-refractivity contribution is 7.98. The second kappa shape index (κ2) is 5.16. The molecule has 1 saturated carbocycles. The highest BCUT2D eigenvalue weighted by atomic mass is 32.2. The van der Waals surface area contributed by atoms with Gasteiger partial charge in [-0.15, -0.1) is 0 Å². The van der Waals surface area contributed by atoms with E-state index in [0.29, 0.717) is 6.04 Å². The van der Waals surface area contributed by atoms with Crippen LogP contribution < -0.4 is 5.32 Å². The molecule has 1 N–H and O–H groups in total. The Kier molecular flexibility index (Phi) is 3.38. The lowest BCUT2D eigenvalue weighted by Crippen LogP contribution is -2.14. The number of furan rings is 1. The number of aryl methyl sites for hydroxylation is 1. The average Bonchev–Trinajstić information content (AvgIpc) is 2.94. The van der Waals surface area contributed by atoms with Gasteiger partial charge in [-0.25, -0.2) is 9.67 Å². The van der Waals surface area contributed by atoms with Crippen LogP contribution >= 0.6 is 11.8 Å². The number of nitrogens with zero attached hydrogens (tertiary/aromatic N) is 3. The van der Waals surface area contributed by atoms with Gasteiger partial charge in [0.25, 0.3) is 0 Å². The van der Waals surface area contributed by atoms with Crippen LogP contribution in [-0.4, -0.2) is 20.8 Å². The molecule has 6 heteroatoms. The number of rotatable bonds is 6. The molecule has 0 unspecified atom stereocenters. The lowest BCUT2D eigenvalue weighted by atomic mass is 10.4. The molecule has 0 radical (unpaired) electrons. The fraction of sp³-hybridized carbons (Fsp3) is 0.500. The van der Waals surface area contributed by atoms with E-state index < -0.39 is 0 Å². The van der Waals surface area contributed by atoms with E-state index in [1.54, 1.807) is 22.8 Å². The van der Waals surface area contributed by atoms with Crippen LogP contribution in [0, 0.1) is 0 Å². The van der Waals surface area contributed by atoms with Crippen molar-refractivity contribution in [3.8, 4) is 0 Å². The Balaban J connectivity index is 1.51. The van der Waals surface area contributed by atoms with Crippen LogP contribution in [0.4, 0.5) is 0 Å². The van der Waals surface area contributed by atoms with Gasteiger partial charge in [0.1, 0.15) is 17.8 Å². The summed E-state index contributed by atoms with van der Waals surface area (Å²) in [5.41, 5.74) is 0. The molecule has 3 rings (SSSR count). The van der Waals surface area contributed by atoms with Crippen LogP contribution in [0.5, 0.6) is 0 Å². The fourth-order valence-electron chi connectivity index (χ4n) is 1.68. The molecule has 1 aliphatic carbocycles. The Hall–Kier alpha value is -1.27. The van der Waals surface area contributed by atoms with Gasteiger partial charge in [0, 0.05) is 13.1 Å². The molecule has 0 saturated heterocycles. The number of thioether (sulfide) groups is 1. The van der Waals surface area contributed by atoms with Gasteiger partial charge in [-0.3, -0.25) is 0 Å². The zero-order valence-electron chi connectivity index (χ0n) is 10.3. The summed E-state index contributed by atoms with van der Waals surface area (Å²) in [5.74, 6) is 2.78. The lowest BCUT2D eigenvalue weighted by Gasteiger charge is -1.99. The van der Waals surface area contributed by atoms with Crippen molar-refractivity contribution in [2.24, 2.45) is 7.05 Å². The first-order valence-electron chi connectivity index (χ1n) is 6.09. The molecule has 0 amide bonds. The molecule has 0 atom stereocenters. The van der Waals surface area contributed by atoms with Crippen molar-refractivity contribution in [3.63, 3.8) is 0 Å². The van der Waals surface area contributed by atoms with Crippen LogP contribution in [0.2, 0.25) is 0 Å². The van der Waals surface area contributed by atoms with E-state index in [-0.39, 0.29) is 0 Å². The Labute approximate surface area is 110 Å². The van der Waals surface area contributed by atoms with Gasteiger partial charge in [0.15, 0.2) is 5.16 Å². The summed E-state index contributed by atoms with van der Waals surface area (Å²) in [6.07, 6.45) is 4.17. The Bertz CT molecular complexity index is 518. The van der Waals surface area contributed by atoms with Crippen LogP contribution in [0.1, 0.15) is 24.4 Å². The molecular formula is C12H16N4OS. The number of nitrogens with one attached hydrogen (secondary N) is 1. The van der Waals surface area contributed by atoms with E-state index in [2.05, 4.69) is 15.4 Å². The molecule has 2 aromatic rings. The van der Waals surface area contributed by atoms with Gasteiger partial charge in [-0.2, -0.15) is 5.10 Å². The molecule has 0 bridgehead atoms. The van der Waals surface area contributed by atoms with Crippen LogP contribution in [0.25, 0.3) is 0 Å². The topological polar surface area (TPSA) is 55.9 Å². The SMILES string of the molecule is Cn1ncnc1SCc1ccc(CNC2CC2)o1. The van der Waals surface area contributed by atoms with Gasteiger partial charge in [0.05, 0.1) is 12.3 Å². The molecule has 1 fully saturated rings. The number of aromatic nitrogens is 3. The van der Waals surface area contributed by atoms with Crippen molar-refractivity contribution >= 4 is 11.8 Å². The van der Waals surface area contributed by atoms with E-state index in [1.165, 1.54) is 12.8 Å². The molecule has 0 aliphatic heterocycles. The summed E-state index contributed by atoms with van der Waals surface area (Å²) in [6.45, 7) is 0.833. The summed E-state index contributed by atoms with van der Waals surface area (Å²) < 4.78 is 7.53. The monoisotopic (exact) mass is 264 g/mol. The zero-order chi connectivity index (χ0) is 12.4. The molecule has 0 spiro atoms. The van der Waals surface area contributed by atoms with Crippen molar-refractivity contribution in [2.75, 3.05) is 0 Å². The standard InChI is InChI=1S/C12H16N4OS/c1-16-12(14-8-15-16)18-7-11-5-4-10(17-11)6-13-9-2-3-9/h4-5,8-9,13H,2-3,6-7H2,1H3. The smallest absolute Gasteiger partial charge is 0.186 e. The molecule has 2 aromatic heterocycles. The molecule has 18 heavy (non-hydrogen) atoms. The Morgan fingerprint density at radius 2 is 2.28 bits per heavy atom. The van der Waals surface area contributed by atoms with E-state index in [4.69, 9.17) is 4.42 Å². The average molecular weight is 264 g/mol. The van der Waals surface area contributed by atoms with Gasteiger partial charge < -0.3 is 9.73 Å². The molecular weight excluding hydrogens is 248 g/mol. The maximum atomic E-state index is 5.76. The molecule has 5 nitrogen and oxygen atoms in total. The summed E-state index contributed by atoms with van der Waals surface area (Å²) in [7, 11) is 1.89. The third-order valence-corrected chi connectivity index (χ3v) is 3.93. The van der Waals surface area contributed by atoms with Crippen LogP contribution in [0.15, 0.2) is 28.0 Å².